The van der Waals surface area contributed by atoms with E-state index >= 15 is 0 Å². The van der Waals surface area contributed by atoms with Crippen molar-refractivity contribution in [2.75, 3.05) is 6.61 Å². The number of aliphatic hydroxyl groups is 1. The van der Waals surface area contributed by atoms with Crippen molar-refractivity contribution < 1.29 is 5.11 Å². The van der Waals surface area contributed by atoms with E-state index in [1.165, 1.54) is 22.0 Å². The molecule has 114 valence electrons. The van der Waals surface area contributed by atoms with Gasteiger partial charge in [-0.25, -0.2) is 0 Å². The zero-order valence-electron chi connectivity index (χ0n) is 13.3. The number of hydrogen-bond donors (Lipinski definition) is 2. The average molecular weight is 287 g/mol. The first-order valence-corrected chi connectivity index (χ1v) is 7.65. The van der Waals surface area contributed by atoms with Crippen molar-refractivity contribution in [2.45, 2.75) is 45.9 Å². The zero-order chi connectivity index (χ0) is 15.3. The number of fused-ring (bicyclic) bond motifs is 2. The van der Waals surface area contributed by atoms with E-state index in [1.54, 1.807) is 0 Å². The minimum atomic E-state index is -0.311. The molecule has 0 fully saturated rings. The molecule has 3 N–H and O–H groups in total. The van der Waals surface area contributed by atoms with Crippen LogP contribution in [-0.2, 0) is 20.1 Å². The fourth-order valence-corrected chi connectivity index (χ4v) is 3.44. The molecule has 1 unspecified atom stereocenters. The SMILES string of the molecule is Cc1c(C(N)CO)c2cc3c(cc2n1C)CN(C(C)C)C3. The molecule has 1 aliphatic rings. The highest BCUT2D eigenvalue weighted by Gasteiger charge is 2.24. The van der Waals surface area contributed by atoms with Crippen LogP contribution in [0.2, 0.25) is 0 Å². The standard InChI is InChI=1S/C17H25N3O/c1-10(2)20-7-12-5-14-16(6-13(12)8-20)19(4)11(3)17(14)15(18)9-21/h5-6,10,15,21H,7-9,18H2,1-4H3. The van der Waals surface area contributed by atoms with Crippen LogP contribution in [0.3, 0.4) is 0 Å². The lowest BCUT2D eigenvalue weighted by molar-refractivity contribution is 0.227. The summed E-state index contributed by atoms with van der Waals surface area (Å²) < 4.78 is 2.19. The molecule has 21 heavy (non-hydrogen) atoms. The van der Waals surface area contributed by atoms with E-state index in [0.29, 0.717) is 6.04 Å². The molecule has 1 aromatic carbocycles. The van der Waals surface area contributed by atoms with Gasteiger partial charge in [0.15, 0.2) is 0 Å². The fraction of sp³-hybridized carbons (Fsp3) is 0.529. The normalized spacial score (nSPS) is 16.9. The van der Waals surface area contributed by atoms with Crippen molar-refractivity contribution in [3.05, 3.63) is 34.5 Å². The molecule has 0 bridgehead atoms. The van der Waals surface area contributed by atoms with Crippen molar-refractivity contribution in [2.24, 2.45) is 12.8 Å². The first-order valence-electron chi connectivity index (χ1n) is 7.65. The Hall–Kier alpha value is -1.36. The predicted molar refractivity (Wildman–Crippen MR) is 86.1 cm³/mol. The summed E-state index contributed by atoms with van der Waals surface area (Å²) in [6.07, 6.45) is 0. The minimum Gasteiger partial charge on any atom is -0.394 e. The van der Waals surface area contributed by atoms with Crippen molar-refractivity contribution in [1.82, 2.24) is 9.47 Å². The van der Waals surface area contributed by atoms with Crippen molar-refractivity contribution in [3.8, 4) is 0 Å². The quantitative estimate of drug-likeness (QED) is 0.910. The summed E-state index contributed by atoms with van der Waals surface area (Å²) in [5.74, 6) is 0. The molecule has 0 saturated heterocycles. The van der Waals surface area contributed by atoms with E-state index in [-0.39, 0.29) is 12.6 Å². The van der Waals surface area contributed by atoms with E-state index in [1.807, 2.05) is 0 Å². The maximum Gasteiger partial charge on any atom is 0.0625 e. The van der Waals surface area contributed by atoms with Crippen LogP contribution in [0.1, 0.15) is 42.3 Å². The fourth-order valence-electron chi connectivity index (χ4n) is 3.44. The molecular weight excluding hydrogens is 262 g/mol. The molecule has 0 spiro atoms. The van der Waals surface area contributed by atoms with E-state index in [4.69, 9.17) is 5.73 Å². The number of rotatable bonds is 3. The number of aromatic nitrogens is 1. The van der Waals surface area contributed by atoms with Crippen molar-refractivity contribution in [3.63, 3.8) is 0 Å². The number of aliphatic hydroxyl groups excluding tert-OH is 1. The molecule has 1 atom stereocenters. The Morgan fingerprint density at radius 2 is 1.86 bits per heavy atom. The van der Waals surface area contributed by atoms with Gasteiger partial charge in [-0.3, -0.25) is 4.90 Å². The van der Waals surface area contributed by atoms with Crippen LogP contribution in [0.15, 0.2) is 12.1 Å². The van der Waals surface area contributed by atoms with Gasteiger partial charge in [0.25, 0.3) is 0 Å². The third-order valence-electron chi connectivity index (χ3n) is 4.91. The number of nitrogens with zero attached hydrogens (tertiary/aromatic N) is 2. The van der Waals surface area contributed by atoms with Gasteiger partial charge in [-0.2, -0.15) is 0 Å². The Morgan fingerprint density at radius 3 is 2.43 bits per heavy atom. The smallest absolute Gasteiger partial charge is 0.0625 e. The monoisotopic (exact) mass is 287 g/mol. The Bertz CT molecular complexity index is 687. The van der Waals surface area contributed by atoms with Gasteiger partial charge < -0.3 is 15.4 Å². The van der Waals surface area contributed by atoms with Gasteiger partial charge in [-0.1, -0.05) is 0 Å². The Balaban J connectivity index is 2.16. The predicted octanol–water partition coefficient (Wildman–Crippen LogP) is 2.20. The van der Waals surface area contributed by atoms with Crippen LogP contribution in [0.25, 0.3) is 10.9 Å². The van der Waals surface area contributed by atoms with E-state index in [0.717, 1.165) is 24.3 Å². The van der Waals surface area contributed by atoms with Gasteiger partial charge in [0.2, 0.25) is 0 Å². The molecule has 2 aromatic rings. The molecule has 0 saturated carbocycles. The lowest BCUT2D eigenvalue weighted by atomic mass is 10.0. The number of aryl methyl sites for hydroxylation is 1. The topological polar surface area (TPSA) is 54.4 Å². The third kappa shape index (κ3) is 2.18. The lowest BCUT2D eigenvalue weighted by Crippen LogP contribution is -2.24. The zero-order valence-corrected chi connectivity index (χ0v) is 13.3. The highest BCUT2D eigenvalue weighted by molar-refractivity contribution is 5.87. The van der Waals surface area contributed by atoms with E-state index < -0.39 is 0 Å². The first kappa shape index (κ1) is 14.6. The summed E-state index contributed by atoms with van der Waals surface area (Å²) in [6.45, 7) is 8.57. The lowest BCUT2D eigenvalue weighted by Gasteiger charge is -2.18. The molecule has 4 nitrogen and oxygen atoms in total. The van der Waals surface area contributed by atoms with Gasteiger partial charge in [-0.05, 0) is 49.6 Å². The van der Waals surface area contributed by atoms with Crippen LogP contribution in [0.5, 0.6) is 0 Å². The maximum atomic E-state index is 9.45. The minimum absolute atomic E-state index is 0.0187. The van der Waals surface area contributed by atoms with Crippen LogP contribution in [0.4, 0.5) is 0 Å². The molecule has 4 heteroatoms. The van der Waals surface area contributed by atoms with Gasteiger partial charge in [0, 0.05) is 42.8 Å². The Labute approximate surface area is 126 Å². The van der Waals surface area contributed by atoms with Crippen molar-refractivity contribution >= 4 is 10.9 Å². The molecule has 0 aliphatic carbocycles. The summed E-state index contributed by atoms with van der Waals surface area (Å²) in [6, 6.07) is 4.83. The largest absolute Gasteiger partial charge is 0.394 e. The number of nitrogens with two attached hydrogens (primary N) is 1. The molecular formula is C17H25N3O. The number of hydrogen-bond acceptors (Lipinski definition) is 3. The molecule has 1 aromatic heterocycles. The summed E-state index contributed by atoms with van der Waals surface area (Å²) >= 11 is 0. The molecule has 0 amide bonds. The third-order valence-corrected chi connectivity index (χ3v) is 4.91. The van der Waals surface area contributed by atoms with Crippen molar-refractivity contribution in [1.29, 1.82) is 0 Å². The molecule has 1 aliphatic heterocycles. The summed E-state index contributed by atoms with van der Waals surface area (Å²) in [5, 5.41) is 10.6. The number of benzene rings is 1. The second-order valence-electron chi connectivity index (χ2n) is 6.48. The van der Waals surface area contributed by atoms with Crippen LogP contribution in [-0.4, -0.2) is 27.2 Å². The molecule has 2 heterocycles. The highest BCUT2D eigenvalue weighted by atomic mass is 16.3. The summed E-state index contributed by atoms with van der Waals surface area (Å²) in [5.41, 5.74) is 12.4. The first-order chi connectivity index (χ1) is 9.93. The maximum absolute atomic E-state index is 9.45. The van der Waals surface area contributed by atoms with Crippen LogP contribution < -0.4 is 5.73 Å². The average Bonchev–Trinajstić information content (AvgIpc) is 2.97. The van der Waals surface area contributed by atoms with Gasteiger partial charge in [-0.15, -0.1) is 0 Å². The Morgan fingerprint density at radius 1 is 1.24 bits per heavy atom. The Kier molecular flexibility index (Phi) is 3.56. The summed E-state index contributed by atoms with van der Waals surface area (Å²) in [7, 11) is 2.08. The van der Waals surface area contributed by atoms with E-state index in [2.05, 4.69) is 49.4 Å². The van der Waals surface area contributed by atoms with E-state index in [9.17, 15) is 5.11 Å². The van der Waals surface area contributed by atoms with Gasteiger partial charge in [0.05, 0.1) is 12.6 Å². The van der Waals surface area contributed by atoms with Gasteiger partial charge >= 0.3 is 0 Å². The van der Waals surface area contributed by atoms with Gasteiger partial charge in [0.1, 0.15) is 0 Å². The summed E-state index contributed by atoms with van der Waals surface area (Å²) in [4.78, 5) is 2.47. The molecule has 3 rings (SSSR count). The second kappa shape index (κ2) is 5.13. The van der Waals surface area contributed by atoms with Crippen LogP contribution in [0, 0.1) is 6.92 Å². The molecule has 0 radical (unpaired) electrons. The second-order valence-corrected chi connectivity index (χ2v) is 6.48. The highest BCUT2D eigenvalue weighted by Crippen LogP contribution is 2.34. The van der Waals surface area contributed by atoms with Crippen LogP contribution >= 0.6 is 0 Å².